The lowest BCUT2D eigenvalue weighted by Gasteiger charge is -2.09. The maximum absolute atomic E-state index is 12.4. The van der Waals surface area contributed by atoms with E-state index in [-0.39, 0.29) is 5.91 Å². The van der Waals surface area contributed by atoms with E-state index in [1.54, 1.807) is 0 Å². The molecule has 5 nitrogen and oxygen atoms in total. The van der Waals surface area contributed by atoms with E-state index in [4.69, 9.17) is 4.74 Å². The van der Waals surface area contributed by atoms with Gasteiger partial charge in [0.25, 0.3) is 0 Å². The second-order valence-electron chi connectivity index (χ2n) is 8.72. The van der Waals surface area contributed by atoms with Gasteiger partial charge in [0.05, 0.1) is 11.2 Å². The van der Waals surface area contributed by atoms with Crippen LogP contribution in [0.3, 0.4) is 0 Å². The fourth-order valence-electron chi connectivity index (χ4n) is 3.96. The smallest absolute Gasteiger partial charge is 0.224 e. The second-order valence-corrected chi connectivity index (χ2v) is 8.72. The lowest BCUT2D eigenvalue weighted by atomic mass is 10.1. The molecule has 0 saturated carbocycles. The van der Waals surface area contributed by atoms with Crippen LogP contribution >= 0.6 is 0 Å². The average Bonchev–Trinajstić information content (AvgIpc) is 3.30. The predicted octanol–water partition coefficient (Wildman–Crippen LogP) is 7.41. The number of benzene rings is 4. The van der Waals surface area contributed by atoms with E-state index in [2.05, 4.69) is 58.8 Å². The van der Waals surface area contributed by atoms with Crippen molar-refractivity contribution in [2.24, 2.45) is 0 Å². The third-order valence-corrected chi connectivity index (χ3v) is 5.91. The van der Waals surface area contributed by atoms with E-state index in [0.717, 1.165) is 27.7 Å². The first-order valence-electron chi connectivity index (χ1n) is 12.0. The minimum atomic E-state index is -0.0253. The number of anilines is 1. The molecule has 0 unspecified atom stereocenters. The van der Waals surface area contributed by atoms with Crippen molar-refractivity contribution >= 4 is 34.6 Å². The summed E-state index contributed by atoms with van der Waals surface area (Å²) < 4.78 is 6.07. The zero-order valence-electron chi connectivity index (χ0n) is 20.1. The van der Waals surface area contributed by atoms with Crippen LogP contribution in [0.1, 0.15) is 28.8 Å². The average molecular weight is 474 g/mol. The van der Waals surface area contributed by atoms with E-state index in [1.807, 2.05) is 72.8 Å². The minimum absolute atomic E-state index is 0.0253. The summed E-state index contributed by atoms with van der Waals surface area (Å²) in [5.41, 5.74) is 5.96. The lowest BCUT2D eigenvalue weighted by Crippen LogP contribution is -2.12. The maximum Gasteiger partial charge on any atom is 0.224 e. The molecule has 5 aromatic rings. The summed E-state index contributed by atoms with van der Waals surface area (Å²) in [6.07, 6.45) is 5.17. The van der Waals surface area contributed by atoms with Crippen LogP contribution in [0.5, 0.6) is 11.5 Å². The minimum Gasteiger partial charge on any atom is -0.457 e. The number of nitrogens with one attached hydrogen (secondary N) is 2. The molecule has 5 rings (SSSR count). The number of ether oxygens (including phenoxy) is 1. The highest BCUT2D eigenvalue weighted by Gasteiger charge is 2.08. The van der Waals surface area contributed by atoms with Gasteiger partial charge in [0.1, 0.15) is 11.5 Å². The topological polar surface area (TPSA) is 67.0 Å². The van der Waals surface area contributed by atoms with E-state index >= 15 is 0 Å². The first kappa shape index (κ1) is 23.1. The van der Waals surface area contributed by atoms with Crippen molar-refractivity contribution in [1.29, 1.82) is 0 Å². The van der Waals surface area contributed by atoms with Crippen molar-refractivity contribution in [3.05, 3.63) is 119 Å². The fourth-order valence-corrected chi connectivity index (χ4v) is 3.96. The van der Waals surface area contributed by atoms with Gasteiger partial charge in [-0.2, -0.15) is 5.10 Å². The van der Waals surface area contributed by atoms with Gasteiger partial charge in [0.2, 0.25) is 5.91 Å². The lowest BCUT2D eigenvalue weighted by molar-refractivity contribution is -0.116. The monoisotopic (exact) mass is 473 g/mol. The molecule has 0 bridgehead atoms. The number of nitrogens with zero attached hydrogens (tertiary/aromatic N) is 1. The van der Waals surface area contributed by atoms with Crippen molar-refractivity contribution in [2.45, 2.75) is 19.8 Å². The number of aryl methyl sites for hydroxylation is 2. The number of H-pyrrole nitrogens is 1. The largest absolute Gasteiger partial charge is 0.457 e. The molecule has 0 spiro atoms. The van der Waals surface area contributed by atoms with E-state index in [0.29, 0.717) is 30.0 Å². The maximum atomic E-state index is 12.4. The SMILES string of the molecule is Cc1ccc(CCC(=O)Nc2cccc(Oc3ccc4c(/C=C/c5ccccc5)n[nH]c4c3)c2)cc1. The molecule has 0 aliphatic heterocycles. The molecule has 0 radical (unpaired) electrons. The van der Waals surface area contributed by atoms with Gasteiger partial charge in [-0.3, -0.25) is 9.89 Å². The number of hydrogen-bond acceptors (Lipinski definition) is 3. The van der Waals surface area contributed by atoms with E-state index in [1.165, 1.54) is 5.56 Å². The Bertz CT molecular complexity index is 1500. The second kappa shape index (κ2) is 10.7. The third kappa shape index (κ3) is 5.88. The molecule has 0 aliphatic carbocycles. The summed E-state index contributed by atoms with van der Waals surface area (Å²) in [6, 6.07) is 31.7. The molecule has 0 aliphatic rings. The molecule has 5 heteroatoms. The zero-order valence-corrected chi connectivity index (χ0v) is 20.1. The Morgan fingerprint density at radius 3 is 2.53 bits per heavy atom. The Hall–Kier alpha value is -4.64. The molecule has 4 aromatic carbocycles. The predicted molar refractivity (Wildman–Crippen MR) is 146 cm³/mol. The molecule has 1 aromatic heterocycles. The van der Waals surface area contributed by atoms with E-state index in [9.17, 15) is 4.79 Å². The molecule has 2 N–H and O–H groups in total. The van der Waals surface area contributed by atoms with Gasteiger partial charge in [-0.05, 0) is 54.8 Å². The summed E-state index contributed by atoms with van der Waals surface area (Å²) >= 11 is 0. The molecule has 0 saturated heterocycles. The molecule has 178 valence electrons. The number of amides is 1. The Balaban J connectivity index is 1.22. The van der Waals surface area contributed by atoms with E-state index < -0.39 is 0 Å². The Morgan fingerprint density at radius 2 is 1.69 bits per heavy atom. The highest BCUT2D eigenvalue weighted by atomic mass is 16.5. The number of aromatic nitrogens is 2. The van der Waals surface area contributed by atoms with Gasteiger partial charge in [0.15, 0.2) is 0 Å². The first-order valence-corrected chi connectivity index (χ1v) is 12.0. The first-order chi connectivity index (χ1) is 17.6. The third-order valence-electron chi connectivity index (χ3n) is 5.91. The van der Waals surface area contributed by atoms with Crippen molar-refractivity contribution in [2.75, 3.05) is 5.32 Å². The van der Waals surface area contributed by atoms with Crippen LogP contribution in [-0.2, 0) is 11.2 Å². The van der Waals surface area contributed by atoms with Crippen LogP contribution < -0.4 is 10.1 Å². The zero-order chi connectivity index (χ0) is 24.7. The Morgan fingerprint density at radius 1 is 0.889 bits per heavy atom. The van der Waals surface area contributed by atoms with Gasteiger partial charge in [-0.1, -0.05) is 72.3 Å². The summed E-state index contributed by atoms with van der Waals surface area (Å²) in [5.74, 6) is 1.31. The molecule has 0 fully saturated rings. The molecule has 1 amide bonds. The molecule has 0 atom stereocenters. The number of fused-ring (bicyclic) bond motifs is 1. The van der Waals surface area contributed by atoms with Crippen LogP contribution in [-0.4, -0.2) is 16.1 Å². The fraction of sp³-hybridized carbons (Fsp3) is 0.0968. The Labute approximate surface area is 210 Å². The van der Waals surface area contributed by atoms with Gasteiger partial charge in [0, 0.05) is 29.6 Å². The molecular formula is C31H27N3O2. The van der Waals surface area contributed by atoms with Crippen molar-refractivity contribution in [3.63, 3.8) is 0 Å². The molecule has 1 heterocycles. The summed E-state index contributed by atoms with van der Waals surface area (Å²) in [5, 5.41) is 11.5. The normalized spacial score (nSPS) is 11.1. The highest BCUT2D eigenvalue weighted by molar-refractivity contribution is 5.91. The van der Waals surface area contributed by atoms with Crippen LogP contribution in [0.25, 0.3) is 23.1 Å². The Kier molecular flexibility index (Phi) is 6.90. The van der Waals surface area contributed by atoms with Gasteiger partial charge >= 0.3 is 0 Å². The summed E-state index contributed by atoms with van der Waals surface area (Å²) in [4.78, 5) is 12.4. The number of carbonyl (C=O) groups excluding carboxylic acids is 1. The van der Waals surface area contributed by atoms with Gasteiger partial charge in [-0.15, -0.1) is 0 Å². The van der Waals surface area contributed by atoms with Crippen molar-refractivity contribution in [1.82, 2.24) is 10.2 Å². The van der Waals surface area contributed by atoms with Crippen LogP contribution in [0.2, 0.25) is 0 Å². The highest BCUT2D eigenvalue weighted by Crippen LogP contribution is 2.28. The van der Waals surface area contributed by atoms with Crippen LogP contribution in [0, 0.1) is 6.92 Å². The quantitative estimate of drug-likeness (QED) is 0.247. The molecular weight excluding hydrogens is 446 g/mol. The number of aromatic amines is 1. The van der Waals surface area contributed by atoms with Gasteiger partial charge in [-0.25, -0.2) is 0 Å². The summed E-state index contributed by atoms with van der Waals surface area (Å²) in [7, 11) is 0. The van der Waals surface area contributed by atoms with Crippen LogP contribution in [0.15, 0.2) is 97.1 Å². The molecule has 36 heavy (non-hydrogen) atoms. The summed E-state index contributed by atoms with van der Waals surface area (Å²) in [6.45, 7) is 2.06. The van der Waals surface area contributed by atoms with Crippen molar-refractivity contribution < 1.29 is 9.53 Å². The number of carbonyl (C=O) groups is 1. The number of hydrogen-bond donors (Lipinski definition) is 2. The number of rotatable bonds is 8. The van der Waals surface area contributed by atoms with Crippen molar-refractivity contribution in [3.8, 4) is 11.5 Å². The van der Waals surface area contributed by atoms with Gasteiger partial charge < -0.3 is 10.1 Å². The van der Waals surface area contributed by atoms with Crippen LogP contribution in [0.4, 0.5) is 5.69 Å². The standard InChI is InChI=1S/C31H27N3O2/c1-22-10-12-24(13-11-22)15-19-31(35)32-25-8-5-9-26(20-25)36-27-16-17-28-29(33-34-30(28)21-27)18-14-23-6-3-2-4-7-23/h2-14,16-18,20-21H,15,19H2,1H3,(H,32,35)(H,33,34)/b18-14+.